The van der Waals surface area contributed by atoms with E-state index < -0.39 is 0 Å². The van der Waals surface area contributed by atoms with Crippen LogP contribution < -0.4 is 20.5 Å². The van der Waals surface area contributed by atoms with Crippen LogP contribution in [0.4, 0.5) is 0 Å². The summed E-state index contributed by atoms with van der Waals surface area (Å²) in [5.41, 5.74) is 7.81. The van der Waals surface area contributed by atoms with Crippen LogP contribution in [-0.2, 0) is 13.1 Å². The highest BCUT2D eigenvalue weighted by Crippen LogP contribution is 2.27. The molecule has 24 heavy (non-hydrogen) atoms. The number of pyridine rings is 1. The molecule has 0 spiro atoms. The molecule has 0 radical (unpaired) electrons. The smallest absolute Gasteiger partial charge is 0.189 e. The second kappa shape index (κ2) is 10.2. The predicted octanol–water partition coefficient (Wildman–Crippen LogP) is 2.97. The quantitative estimate of drug-likeness (QED) is 0.299. The first-order valence-electron chi connectivity index (χ1n) is 6.97. The molecule has 0 amide bonds. The van der Waals surface area contributed by atoms with Crippen LogP contribution in [0.15, 0.2) is 41.5 Å². The minimum absolute atomic E-state index is 0. The fourth-order valence-electron chi connectivity index (χ4n) is 1.92. The number of methoxy groups -OCH3 is 2. The van der Waals surface area contributed by atoms with Gasteiger partial charge in [-0.3, -0.25) is 0 Å². The Labute approximate surface area is 163 Å². The molecule has 0 saturated heterocycles. The Morgan fingerprint density at radius 1 is 1.17 bits per heavy atom. The van der Waals surface area contributed by atoms with Gasteiger partial charge in [0, 0.05) is 12.7 Å². The van der Waals surface area contributed by atoms with E-state index in [1.54, 1.807) is 26.5 Å². The molecule has 0 aliphatic rings. The standard InChI is InChI=1S/C16H19ClN4O2.HI/c1-22-13-5-3-11(7-14(13)23-2)8-20-16(18)21-10-12-4-6-15(17)19-9-12;/h3-7,9H,8,10H2,1-2H3,(H3,18,20,21);1H. The summed E-state index contributed by atoms with van der Waals surface area (Å²) in [5.74, 6) is 1.72. The van der Waals surface area contributed by atoms with Gasteiger partial charge in [-0.1, -0.05) is 23.7 Å². The molecule has 1 heterocycles. The zero-order valence-electron chi connectivity index (χ0n) is 13.5. The summed E-state index contributed by atoms with van der Waals surface area (Å²) >= 11 is 5.74. The van der Waals surface area contributed by atoms with Gasteiger partial charge < -0.3 is 20.5 Å². The van der Waals surface area contributed by atoms with Crippen LogP contribution in [0, 0.1) is 0 Å². The van der Waals surface area contributed by atoms with Crippen LogP contribution >= 0.6 is 35.6 Å². The van der Waals surface area contributed by atoms with E-state index in [0.29, 0.717) is 35.7 Å². The molecular formula is C16H20ClIN4O2. The molecule has 0 atom stereocenters. The molecule has 3 N–H and O–H groups in total. The predicted molar refractivity (Wildman–Crippen MR) is 106 cm³/mol. The van der Waals surface area contributed by atoms with Crippen molar-refractivity contribution in [3.05, 3.63) is 52.8 Å². The van der Waals surface area contributed by atoms with Crippen LogP contribution in [0.3, 0.4) is 0 Å². The topological polar surface area (TPSA) is 81.8 Å². The number of nitrogens with zero attached hydrogens (tertiary/aromatic N) is 2. The summed E-state index contributed by atoms with van der Waals surface area (Å²) in [6, 6.07) is 9.26. The second-order valence-corrected chi connectivity index (χ2v) is 5.12. The van der Waals surface area contributed by atoms with E-state index in [1.165, 1.54) is 0 Å². The molecule has 0 bridgehead atoms. The summed E-state index contributed by atoms with van der Waals surface area (Å²) in [6.45, 7) is 0.976. The van der Waals surface area contributed by atoms with E-state index in [-0.39, 0.29) is 24.0 Å². The fraction of sp³-hybridized carbons (Fsp3) is 0.250. The maximum atomic E-state index is 5.86. The number of aliphatic imine (C=N–C) groups is 1. The van der Waals surface area contributed by atoms with Gasteiger partial charge in [0.2, 0.25) is 0 Å². The maximum Gasteiger partial charge on any atom is 0.189 e. The molecule has 0 aliphatic carbocycles. The van der Waals surface area contributed by atoms with Crippen molar-refractivity contribution >= 4 is 41.5 Å². The van der Waals surface area contributed by atoms with Crippen molar-refractivity contribution in [3.63, 3.8) is 0 Å². The van der Waals surface area contributed by atoms with E-state index in [9.17, 15) is 0 Å². The lowest BCUT2D eigenvalue weighted by molar-refractivity contribution is 0.354. The fourth-order valence-corrected chi connectivity index (χ4v) is 2.03. The van der Waals surface area contributed by atoms with Gasteiger partial charge in [0.1, 0.15) is 5.15 Å². The number of aromatic nitrogens is 1. The molecule has 130 valence electrons. The highest BCUT2D eigenvalue weighted by Gasteiger charge is 2.04. The Hall–Kier alpha value is -1.74. The third kappa shape index (κ3) is 6.04. The summed E-state index contributed by atoms with van der Waals surface area (Å²) in [6.07, 6.45) is 1.67. The normalized spacial score (nSPS) is 10.7. The minimum Gasteiger partial charge on any atom is -0.493 e. The average molecular weight is 463 g/mol. The second-order valence-electron chi connectivity index (χ2n) is 4.73. The lowest BCUT2D eigenvalue weighted by Crippen LogP contribution is -2.31. The zero-order valence-corrected chi connectivity index (χ0v) is 16.5. The summed E-state index contributed by atoms with van der Waals surface area (Å²) in [7, 11) is 3.21. The number of nitrogens with one attached hydrogen (secondary N) is 1. The number of hydrogen-bond donors (Lipinski definition) is 2. The van der Waals surface area contributed by atoms with Crippen molar-refractivity contribution in [2.24, 2.45) is 10.7 Å². The number of hydrogen-bond acceptors (Lipinski definition) is 4. The van der Waals surface area contributed by atoms with E-state index in [4.69, 9.17) is 26.8 Å². The maximum absolute atomic E-state index is 5.86. The largest absolute Gasteiger partial charge is 0.493 e. The third-order valence-electron chi connectivity index (χ3n) is 3.14. The highest BCUT2D eigenvalue weighted by molar-refractivity contribution is 14.0. The SMILES string of the molecule is COc1ccc(CNC(N)=NCc2ccc(Cl)nc2)cc1OC.I. The number of rotatable bonds is 6. The van der Waals surface area contributed by atoms with Gasteiger partial charge in [-0.2, -0.15) is 0 Å². The molecule has 2 aromatic rings. The van der Waals surface area contributed by atoms with Crippen molar-refractivity contribution in [1.82, 2.24) is 10.3 Å². The molecule has 0 aliphatic heterocycles. The number of halogens is 2. The van der Waals surface area contributed by atoms with Crippen molar-refractivity contribution in [2.75, 3.05) is 14.2 Å². The lowest BCUT2D eigenvalue weighted by atomic mass is 10.2. The first-order valence-corrected chi connectivity index (χ1v) is 7.35. The Morgan fingerprint density at radius 2 is 1.88 bits per heavy atom. The number of ether oxygens (including phenoxy) is 2. The first kappa shape index (κ1) is 20.3. The van der Waals surface area contributed by atoms with Gasteiger partial charge in [0.25, 0.3) is 0 Å². The molecule has 0 fully saturated rings. The zero-order chi connectivity index (χ0) is 16.7. The summed E-state index contributed by atoms with van der Waals surface area (Å²) in [4.78, 5) is 8.25. The Kier molecular flexibility index (Phi) is 8.62. The van der Waals surface area contributed by atoms with Gasteiger partial charge in [0.05, 0.1) is 20.8 Å². The van der Waals surface area contributed by atoms with Crippen molar-refractivity contribution in [3.8, 4) is 11.5 Å². The van der Waals surface area contributed by atoms with Crippen LogP contribution in [0.2, 0.25) is 5.15 Å². The van der Waals surface area contributed by atoms with Crippen LogP contribution in [0.5, 0.6) is 11.5 Å². The van der Waals surface area contributed by atoms with Gasteiger partial charge in [-0.05, 0) is 29.3 Å². The molecule has 2 rings (SSSR count). The van der Waals surface area contributed by atoms with Gasteiger partial charge >= 0.3 is 0 Å². The van der Waals surface area contributed by atoms with E-state index >= 15 is 0 Å². The molecular weight excluding hydrogens is 443 g/mol. The summed E-state index contributed by atoms with van der Waals surface area (Å²) < 4.78 is 10.5. The molecule has 1 aromatic carbocycles. The third-order valence-corrected chi connectivity index (χ3v) is 3.37. The van der Waals surface area contributed by atoms with Crippen molar-refractivity contribution in [2.45, 2.75) is 13.1 Å². The lowest BCUT2D eigenvalue weighted by Gasteiger charge is -2.10. The van der Waals surface area contributed by atoms with Gasteiger partial charge in [0.15, 0.2) is 17.5 Å². The van der Waals surface area contributed by atoms with Gasteiger partial charge in [-0.25, -0.2) is 9.98 Å². The van der Waals surface area contributed by atoms with E-state index in [0.717, 1.165) is 11.1 Å². The molecule has 0 saturated carbocycles. The van der Waals surface area contributed by atoms with E-state index in [1.807, 2.05) is 24.3 Å². The summed E-state index contributed by atoms with van der Waals surface area (Å²) in [5, 5.41) is 3.51. The minimum atomic E-state index is 0. The Bertz CT molecular complexity index is 680. The molecule has 8 heteroatoms. The Morgan fingerprint density at radius 3 is 2.50 bits per heavy atom. The monoisotopic (exact) mass is 462 g/mol. The van der Waals surface area contributed by atoms with Crippen molar-refractivity contribution in [1.29, 1.82) is 0 Å². The highest BCUT2D eigenvalue weighted by atomic mass is 127. The number of benzene rings is 1. The van der Waals surface area contributed by atoms with Crippen LogP contribution in [0.25, 0.3) is 0 Å². The molecule has 6 nitrogen and oxygen atoms in total. The van der Waals surface area contributed by atoms with Crippen LogP contribution in [0.1, 0.15) is 11.1 Å². The Balaban J connectivity index is 0.00000288. The molecule has 1 aromatic heterocycles. The number of guanidine groups is 1. The average Bonchev–Trinajstić information content (AvgIpc) is 2.59. The van der Waals surface area contributed by atoms with E-state index in [2.05, 4.69) is 15.3 Å². The van der Waals surface area contributed by atoms with Gasteiger partial charge in [-0.15, -0.1) is 24.0 Å². The first-order chi connectivity index (χ1) is 11.1. The molecule has 0 unspecified atom stereocenters. The van der Waals surface area contributed by atoms with Crippen LogP contribution in [-0.4, -0.2) is 25.2 Å². The van der Waals surface area contributed by atoms with Crippen molar-refractivity contribution < 1.29 is 9.47 Å². The number of nitrogens with two attached hydrogens (primary N) is 1.